The number of thiophene rings is 1. The normalized spacial score (nSPS) is 10.6. The first-order chi connectivity index (χ1) is 7.70. The topological polar surface area (TPSA) is 29.1 Å². The van der Waals surface area contributed by atoms with Gasteiger partial charge >= 0.3 is 0 Å². The van der Waals surface area contributed by atoms with Crippen LogP contribution in [0.2, 0.25) is 0 Å². The van der Waals surface area contributed by atoms with Gasteiger partial charge in [-0.05, 0) is 23.6 Å². The van der Waals surface area contributed by atoms with Crippen LogP contribution in [0.3, 0.4) is 0 Å². The molecule has 0 aliphatic carbocycles. The molecule has 84 valence electrons. The molecule has 2 nitrogen and oxygen atoms in total. The fourth-order valence-electron chi connectivity index (χ4n) is 1.37. The summed E-state index contributed by atoms with van der Waals surface area (Å²) in [5, 5.41) is 3.62. The highest BCUT2D eigenvalue weighted by atomic mass is 32.1. The Labute approximate surface area is 102 Å². The Morgan fingerprint density at radius 3 is 3.00 bits per heavy atom. The molecule has 1 aromatic heterocycles. The van der Waals surface area contributed by atoms with Gasteiger partial charge in [-0.2, -0.15) is 12.6 Å². The van der Waals surface area contributed by atoms with E-state index >= 15 is 0 Å². The van der Waals surface area contributed by atoms with E-state index in [9.17, 15) is 9.18 Å². The second-order valence-corrected chi connectivity index (χ2v) is 4.80. The van der Waals surface area contributed by atoms with Crippen LogP contribution in [-0.2, 0) is 0 Å². The lowest BCUT2D eigenvalue weighted by Gasteiger charge is -1.98. The molecule has 5 heteroatoms. The maximum Gasteiger partial charge on any atom is 0.261 e. The number of nitrogens with one attached hydrogen (secondary N) is 1. The quantitative estimate of drug-likeness (QED) is 0.811. The minimum absolute atomic E-state index is 0.129. The second kappa shape index (κ2) is 4.84. The van der Waals surface area contributed by atoms with Crippen molar-refractivity contribution >= 4 is 40.0 Å². The van der Waals surface area contributed by atoms with Crippen molar-refractivity contribution in [1.29, 1.82) is 0 Å². The van der Waals surface area contributed by atoms with Crippen molar-refractivity contribution in [3.63, 3.8) is 0 Å². The Morgan fingerprint density at radius 1 is 1.44 bits per heavy atom. The first-order valence-electron chi connectivity index (χ1n) is 4.79. The van der Waals surface area contributed by atoms with E-state index < -0.39 is 0 Å². The summed E-state index contributed by atoms with van der Waals surface area (Å²) in [7, 11) is 0. The van der Waals surface area contributed by atoms with Crippen molar-refractivity contribution < 1.29 is 9.18 Å². The highest BCUT2D eigenvalue weighted by Crippen LogP contribution is 2.26. The van der Waals surface area contributed by atoms with Crippen LogP contribution in [-0.4, -0.2) is 18.2 Å². The lowest BCUT2D eigenvalue weighted by Crippen LogP contribution is -2.24. The average molecular weight is 255 g/mol. The summed E-state index contributed by atoms with van der Waals surface area (Å²) >= 11 is 5.30. The van der Waals surface area contributed by atoms with Crippen LogP contribution in [0.5, 0.6) is 0 Å². The first kappa shape index (κ1) is 11.4. The van der Waals surface area contributed by atoms with E-state index in [0.717, 1.165) is 10.1 Å². The Balaban J connectivity index is 2.28. The SMILES string of the molecule is O=C(NCCS)c1cc2ccc(F)cc2s1. The van der Waals surface area contributed by atoms with E-state index in [-0.39, 0.29) is 11.7 Å². The van der Waals surface area contributed by atoms with Crippen LogP contribution in [0, 0.1) is 5.82 Å². The predicted octanol–water partition coefficient (Wildman–Crippen LogP) is 2.70. The molecule has 0 fully saturated rings. The molecule has 1 heterocycles. The van der Waals surface area contributed by atoms with E-state index in [1.165, 1.54) is 23.5 Å². The molecular formula is C11H10FNOS2. The highest BCUT2D eigenvalue weighted by molar-refractivity contribution is 7.80. The first-order valence-corrected chi connectivity index (χ1v) is 6.24. The molecule has 2 rings (SSSR count). The number of hydrogen-bond donors (Lipinski definition) is 2. The number of halogens is 1. The van der Waals surface area contributed by atoms with Gasteiger partial charge in [0.2, 0.25) is 0 Å². The van der Waals surface area contributed by atoms with Gasteiger partial charge in [0.15, 0.2) is 0 Å². The molecular weight excluding hydrogens is 245 g/mol. The third-order valence-electron chi connectivity index (χ3n) is 2.10. The van der Waals surface area contributed by atoms with E-state index in [4.69, 9.17) is 0 Å². The van der Waals surface area contributed by atoms with Crippen LogP contribution in [0.1, 0.15) is 9.67 Å². The second-order valence-electron chi connectivity index (χ2n) is 3.27. The summed E-state index contributed by atoms with van der Waals surface area (Å²) in [5.74, 6) is 0.193. The van der Waals surface area contributed by atoms with Crippen molar-refractivity contribution in [3.8, 4) is 0 Å². The molecule has 0 aliphatic heterocycles. The summed E-state index contributed by atoms with van der Waals surface area (Å²) in [6, 6.07) is 6.28. The van der Waals surface area contributed by atoms with Crippen molar-refractivity contribution in [1.82, 2.24) is 5.32 Å². The lowest BCUT2D eigenvalue weighted by molar-refractivity contribution is 0.0960. The molecule has 0 saturated heterocycles. The van der Waals surface area contributed by atoms with Crippen LogP contribution in [0.4, 0.5) is 4.39 Å². The van der Waals surface area contributed by atoms with Gasteiger partial charge in [-0.3, -0.25) is 4.79 Å². The lowest BCUT2D eigenvalue weighted by atomic mass is 10.2. The number of fused-ring (bicyclic) bond motifs is 1. The molecule has 1 amide bonds. The molecule has 0 atom stereocenters. The highest BCUT2D eigenvalue weighted by Gasteiger charge is 2.09. The number of benzene rings is 1. The maximum absolute atomic E-state index is 12.9. The van der Waals surface area contributed by atoms with Gasteiger partial charge in [0.25, 0.3) is 5.91 Å². The fraction of sp³-hybridized carbons (Fsp3) is 0.182. The number of amides is 1. The summed E-state index contributed by atoms with van der Waals surface area (Å²) < 4.78 is 13.7. The zero-order chi connectivity index (χ0) is 11.5. The smallest absolute Gasteiger partial charge is 0.261 e. The van der Waals surface area contributed by atoms with Gasteiger partial charge in [0, 0.05) is 17.0 Å². The standard InChI is InChI=1S/C11H10FNOS2/c12-8-2-1-7-5-10(16-9(7)6-8)11(14)13-3-4-15/h1-2,5-6,15H,3-4H2,(H,13,14). The third kappa shape index (κ3) is 2.36. The Morgan fingerprint density at radius 2 is 2.25 bits per heavy atom. The molecule has 0 unspecified atom stereocenters. The molecule has 0 saturated carbocycles. The Kier molecular flexibility index (Phi) is 3.46. The van der Waals surface area contributed by atoms with E-state index in [2.05, 4.69) is 17.9 Å². The zero-order valence-electron chi connectivity index (χ0n) is 8.37. The summed E-state index contributed by atoms with van der Waals surface area (Å²) in [5.41, 5.74) is 0. The van der Waals surface area contributed by atoms with Crippen molar-refractivity contribution in [2.24, 2.45) is 0 Å². The van der Waals surface area contributed by atoms with Crippen LogP contribution in [0.25, 0.3) is 10.1 Å². The molecule has 1 N–H and O–H groups in total. The van der Waals surface area contributed by atoms with Crippen molar-refractivity contribution in [2.45, 2.75) is 0 Å². The van der Waals surface area contributed by atoms with Crippen LogP contribution >= 0.6 is 24.0 Å². The minimum atomic E-state index is -0.281. The predicted molar refractivity (Wildman–Crippen MR) is 68.0 cm³/mol. The molecule has 0 radical (unpaired) electrons. The summed E-state index contributed by atoms with van der Waals surface area (Å²) in [6.07, 6.45) is 0. The van der Waals surface area contributed by atoms with Gasteiger partial charge in [0.1, 0.15) is 5.82 Å². The van der Waals surface area contributed by atoms with Crippen molar-refractivity contribution in [2.75, 3.05) is 12.3 Å². The van der Waals surface area contributed by atoms with E-state index in [0.29, 0.717) is 17.2 Å². The maximum atomic E-state index is 12.9. The average Bonchev–Trinajstić information content (AvgIpc) is 2.68. The van der Waals surface area contributed by atoms with Crippen molar-refractivity contribution in [3.05, 3.63) is 35.0 Å². The molecule has 1 aromatic carbocycles. The molecule has 0 spiro atoms. The fourth-order valence-corrected chi connectivity index (χ4v) is 2.49. The zero-order valence-corrected chi connectivity index (χ0v) is 10.1. The van der Waals surface area contributed by atoms with Crippen LogP contribution in [0.15, 0.2) is 24.3 Å². The summed E-state index contributed by atoms with van der Waals surface area (Å²) in [6.45, 7) is 0.532. The molecule has 0 bridgehead atoms. The monoisotopic (exact) mass is 255 g/mol. The van der Waals surface area contributed by atoms with E-state index in [1.54, 1.807) is 12.1 Å². The number of carbonyl (C=O) groups is 1. The largest absolute Gasteiger partial charge is 0.351 e. The van der Waals surface area contributed by atoms with E-state index in [1.807, 2.05) is 0 Å². The minimum Gasteiger partial charge on any atom is -0.351 e. The van der Waals surface area contributed by atoms with Gasteiger partial charge in [-0.25, -0.2) is 4.39 Å². The number of thiol groups is 1. The number of rotatable bonds is 3. The third-order valence-corrected chi connectivity index (χ3v) is 3.42. The Hall–Kier alpha value is -1.07. The van der Waals surface area contributed by atoms with Gasteiger partial charge < -0.3 is 5.32 Å². The van der Waals surface area contributed by atoms with Crippen LogP contribution < -0.4 is 5.32 Å². The molecule has 16 heavy (non-hydrogen) atoms. The van der Waals surface area contributed by atoms with Gasteiger partial charge in [-0.15, -0.1) is 11.3 Å². The van der Waals surface area contributed by atoms with Gasteiger partial charge in [0.05, 0.1) is 4.88 Å². The number of hydrogen-bond acceptors (Lipinski definition) is 3. The molecule has 0 aliphatic rings. The van der Waals surface area contributed by atoms with Gasteiger partial charge in [-0.1, -0.05) is 6.07 Å². The molecule has 2 aromatic rings. The Bertz CT molecular complexity index is 524. The number of carbonyl (C=O) groups excluding carboxylic acids is 1. The summed E-state index contributed by atoms with van der Waals surface area (Å²) in [4.78, 5) is 12.2.